The van der Waals surface area contributed by atoms with Gasteiger partial charge in [0.2, 0.25) is 6.43 Å². The Bertz CT molecular complexity index is 445. The van der Waals surface area contributed by atoms with Gasteiger partial charge in [-0.3, -0.25) is 9.59 Å². The molecule has 0 heterocycles. The number of carbonyl (C=O) groups is 2. The van der Waals surface area contributed by atoms with E-state index in [1.807, 2.05) is 0 Å². The summed E-state index contributed by atoms with van der Waals surface area (Å²) < 4.78 is 23.9. The molecule has 19 heavy (non-hydrogen) atoms. The molecule has 4 heteroatoms. The van der Waals surface area contributed by atoms with Gasteiger partial charge in [-0.05, 0) is 40.0 Å². The van der Waals surface area contributed by atoms with Crippen LogP contribution < -0.4 is 0 Å². The largest absolute Gasteiger partial charge is 0.289 e. The summed E-state index contributed by atoms with van der Waals surface area (Å²) in [4.78, 5) is 24.0. The Morgan fingerprint density at radius 2 is 1.42 bits per heavy atom. The minimum Gasteiger partial charge on any atom is -0.289 e. The summed E-state index contributed by atoms with van der Waals surface area (Å²) in [5, 5.41) is 0. The topological polar surface area (TPSA) is 34.1 Å². The van der Waals surface area contributed by atoms with E-state index < -0.39 is 6.43 Å². The first-order valence-corrected chi connectivity index (χ1v) is 6.61. The second-order valence-corrected chi connectivity index (χ2v) is 5.00. The highest BCUT2D eigenvalue weighted by Crippen LogP contribution is 2.27. The molecule has 2 nitrogen and oxygen atoms in total. The second-order valence-electron chi connectivity index (χ2n) is 5.00. The highest BCUT2D eigenvalue weighted by Gasteiger charge is 2.27. The maximum absolute atomic E-state index is 12.1. The van der Waals surface area contributed by atoms with Crippen molar-refractivity contribution in [2.24, 2.45) is 0 Å². The lowest BCUT2D eigenvalue weighted by atomic mass is 9.84. The molecule has 0 N–H and O–H groups in total. The van der Waals surface area contributed by atoms with Crippen molar-refractivity contribution in [1.82, 2.24) is 0 Å². The van der Waals surface area contributed by atoms with Crippen LogP contribution in [0.15, 0.2) is 22.3 Å². The molecule has 0 amide bonds. The van der Waals surface area contributed by atoms with Gasteiger partial charge >= 0.3 is 0 Å². The van der Waals surface area contributed by atoms with Crippen LogP contribution >= 0.6 is 0 Å². The molecule has 1 aliphatic carbocycles. The van der Waals surface area contributed by atoms with E-state index in [-0.39, 0.29) is 18.0 Å². The van der Waals surface area contributed by atoms with E-state index in [2.05, 4.69) is 0 Å². The van der Waals surface area contributed by atoms with Gasteiger partial charge in [0.15, 0.2) is 11.6 Å². The molecule has 0 aromatic carbocycles. The summed E-state index contributed by atoms with van der Waals surface area (Å²) in [5.41, 5.74) is 2.11. The average Bonchev–Trinajstić information content (AvgIpc) is 2.37. The minimum atomic E-state index is -2.26. The molecule has 0 bridgehead atoms. The van der Waals surface area contributed by atoms with Crippen molar-refractivity contribution in [2.75, 3.05) is 0 Å². The molecule has 0 aromatic heterocycles. The molecule has 0 fully saturated rings. The minimum absolute atomic E-state index is 0.0662. The molecule has 106 valence electrons. The van der Waals surface area contributed by atoms with Gasteiger partial charge in [0, 0.05) is 28.7 Å². The molecule has 0 aliphatic heterocycles. The van der Waals surface area contributed by atoms with E-state index in [0.717, 1.165) is 0 Å². The number of hydrogen-bond acceptors (Lipinski definition) is 2. The third kappa shape index (κ3) is 3.82. The van der Waals surface area contributed by atoms with Crippen LogP contribution in [0.25, 0.3) is 0 Å². The van der Waals surface area contributed by atoms with Crippen LogP contribution in [0.4, 0.5) is 8.78 Å². The van der Waals surface area contributed by atoms with Crippen molar-refractivity contribution in [3.63, 3.8) is 0 Å². The Morgan fingerprint density at radius 3 is 2.00 bits per heavy atom. The van der Waals surface area contributed by atoms with Gasteiger partial charge in [-0.1, -0.05) is 6.42 Å². The van der Waals surface area contributed by atoms with Crippen molar-refractivity contribution in [2.45, 2.75) is 59.3 Å². The molecule has 0 saturated carbocycles. The number of halogens is 2. The Morgan fingerprint density at radius 1 is 0.842 bits per heavy atom. The Hall–Kier alpha value is -1.32. The zero-order valence-electron chi connectivity index (χ0n) is 11.7. The molecule has 0 unspecified atom stereocenters. The number of carbonyl (C=O) groups excluding carboxylic acids is 2. The van der Waals surface area contributed by atoms with Crippen LogP contribution in [-0.2, 0) is 9.59 Å². The Kier molecular flexibility index (Phi) is 5.58. The number of allylic oxidation sites excluding steroid dienone is 4. The van der Waals surface area contributed by atoms with Crippen LogP contribution in [0.2, 0.25) is 0 Å². The van der Waals surface area contributed by atoms with Crippen molar-refractivity contribution in [3.05, 3.63) is 22.3 Å². The number of Topliss-reactive ketones (excluding diaryl/α,β-unsaturated/α-hetero) is 2. The number of alkyl halides is 2. The van der Waals surface area contributed by atoms with Crippen LogP contribution in [0.1, 0.15) is 52.9 Å². The molecule has 0 atom stereocenters. The molecular formula is C15H20F2O2. The average molecular weight is 270 g/mol. The van der Waals surface area contributed by atoms with E-state index >= 15 is 0 Å². The molecule has 0 spiro atoms. The maximum Gasteiger partial charge on any atom is 0.238 e. The van der Waals surface area contributed by atoms with Crippen molar-refractivity contribution in [3.8, 4) is 0 Å². The number of hydrogen-bond donors (Lipinski definition) is 0. The fourth-order valence-corrected chi connectivity index (χ4v) is 2.23. The Labute approximate surface area is 112 Å². The molecule has 0 aromatic rings. The summed E-state index contributed by atoms with van der Waals surface area (Å²) in [6.07, 6.45) is -0.0610. The number of rotatable bonds is 6. The van der Waals surface area contributed by atoms with Crippen LogP contribution in [-0.4, -0.2) is 18.0 Å². The summed E-state index contributed by atoms with van der Waals surface area (Å²) in [6.45, 7) is 5.00. The van der Waals surface area contributed by atoms with Gasteiger partial charge in [0.05, 0.1) is 0 Å². The lowest BCUT2D eigenvalue weighted by Crippen LogP contribution is -2.20. The summed E-state index contributed by atoms with van der Waals surface area (Å²) >= 11 is 0. The third-order valence-electron chi connectivity index (χ3n) is 3.66. The first-order chi connectivity index (χ1) is 8.86. The molecule has 1 aliphatic rings. The molecule has 0 radical (unpaired) electrons. The van der Waals surface area contributed by atoms with Crippen molar-refractivity contribution < 1.29 is 18.4 Å². The van der Waals surface area contributed by atoms with E-state index in [9.17, 15) is 18.4 Å². The third-order valence-corrected chi connectivity index (χ3v) is 3.66. The van der Waals surface area contributed by atoms with Gasteiger partial charge in [0.1, 0.15) is 0 Å². The number of ketones is 2. The standard InChI is InChI=1S/C15H20F2O2/c1-9-10(2)15(19)12(11(3)14(9)18)7-5-4-6-8-13(16)17/h13H,4-8H2,1-3H3. The molecular weight excluding hydrogens is 250 g/mol. The highest BCUT2D eigenvalue weighted by atomic mass is 19.3. The maximum atomic E-state index is 12.1. The van der Waals surface area contributed by atoms with Gasteiger partial charge in [-0.2, -0.15) is 0 Å². The first kappa shape index (κ1) is 15.7. The van der Waals surface area contributed by atoms with E-state index in [0.29, 0.717) is 48.0 Å². The second kappa shape index (κ2) is 6.73. The number of unbranched alkanes of at least 4 members (excludes halogenated alkanes) is 2. The molecule has 1 rings (SSSR count). The fraction of sp³-hybridized carbons (Fsp3) is 0.600. The van der Waals surface area contributed by atoms with Gasteiger partial charge in [0.25, 0.3) is 0 Å². The lowest BCUT2D eigenvalue weighted by molar-refractivity contribution is -0.116. The van der Waals surface area contributed by atoms with Crippen molar-refractivity contribution >= 4 is 11.6 Å². The van der Waals surface area contributed by atoms with Crippen LogP contribution in [0.5, 0.6) is 0 Å². The summed E-state index contributed by atoms with van der Waals surface area (Å²) in [7, 11) is 0. The van der Waals surface area contributed by atoms with E-state index in [1.54, 1.807) is 20.8 Å². The highest BCUT2D eigenvalue weighted by molar-refractivity contribution is 6.24. The van der Waals surface area contributed by atoms with E-state index in [1.165, 1.54) is 0 Å². The smallest absolute Gasteiger partial charge is 0.238 e. The van der Waals surface area contributed by atoms with Crippen LogP contribution in [0.3, 0.4) is 0 Å². The summed E-state index contributed by atoms with van der Waals surface area (Å²) in [6, 6.07) is 0. The van der Waals surface area contributed by atoms with Crippen molar-refractivity contribution in [1.29, 1.82) is 0 Å². The normalized spacial score (nSPS) is 16.9. The summed E-state index contributed by atoms with van der Waals surface area (Å²) in [5.74, 6) is -0.136. The van der Waals surface area contributed by atoms with E-state index in [4.69, 9.17) is 0 Å². The van der Waals surface area contributed by atoms with Crippen LogP contribution in [0, 0.1) is 0 Å². The SMILES string of the molecule is CC1=C(C)C(=O)C(CCCCCC(F)F)=C(C)C1=O. The van der Waals surface area contributed by atoms with Gasteiger partial charge in [-0.25, -0.2) is 8.78 Å². The predicted molar refractivity (Wildman–Crippen MR) is 70.2 cm³/mol. The van der Waals surface area contributed by atoms with Gasteiger partial charge in [-0.15, -0.1) is 0 Å². The molecule has 0 saturated heterocycles. The lowest BCUT2D eigenvalue weighted by Gasteiger charge is -2.18. The predicted octanol–water partition coefficient (Wildman–Crippen LogP) is 4.01. The quantitative estimate of drug-likeness (QED) is 0.540. The monoisotopic (exact) mass is 270 g/mol. The van der Waals surface area contributed by atoms with Gasteiger partial charge < -0.3 is 0 Å². The zero-order valence-corrected chi connectivity index (χ0v) is 11.7. The zero-order chi connectivity index (χ0) is 14.6. The fourth-order valence-electron chi connectivity index (χ4n) is 2.23. The first-order valence-electron chi connectivity index (χ1n) is 6.61. The Balaban J connectivity index is 2.58.